The van der Waals surface area contributed by atoms with Gasteiger partial charge in [-0.3, -0.25) is 4.79 Å². The van der Waals surface area contributed by atoms with Crippen molar-refractivity contribution < 1.29 is 9.90 Å². The molecule has 1 fully saturated rings. The van der Waals surface area contributed by atoms with E-state index in [1.54, 1.807) is 0 Å². The fourth-order valence-corrected chi connectivity index (χ4v) is 2.64. The first-order chi connectivity index (χ1) is 8.17. The Morgan fingerprint density at radius 3 is 2.94 bits per heavy atom. The predicted molar refractivity (Wildman–Crippen MR) is 67.6 cm³/mol. The number of nitrogens with one attached hydrogen (secondary N) is 1. The number of hydrogen-bond donors (Lipinski definition) is 3. The summed E-state index contributed by atoms with van der Waals surface area (Å²) in [6, 6.07) is 3.19. The van der Waals surface area contributed by atoms with Gasteiger partial charge in [-0.25, -0.2) is 0 Å². The zero-order chi connectivity index (χ0) is 12.3. The molecule has 0 saturated heterocycles. The van der Waals surface area contributed by atoms with Crippen LogP contribution < -0.4 is 11.1 Å². The molecule has 0 radical (unpaired) electrons. The Balaban J connectivity index is 1.82. The van der Waals surface area contributed by atoms with Crippen LogP contribution in [0.5, 0.6) is 0 Å². The van der Waals surface area contributed by atoms with Crippen LogP contribution in [0.3, 0.4) is 0 Å². The smallest absolute Gasteiger partial charge is 0.242 e. The van der Waals surface area contributed by atoms with Crippen LogP contribution in [0.25, 0.3) is 0 Å². The molecule has 0 bridgehead atoms. The van der Waals surface area contributed by atoms with Gasteiger partial charge in [-0.1, -0.05) is 6.07 Å². The molecule has 4 nitrogen and oxygen atoms in total. The number of amides is 1. The molecule has 1 aromatic rings. The number of rotatable bonds is 6. The van der Waals surface area contributed by atoms with Crippen molar-refractivity contribution in [2.45, 2.75) is 25.3 Å². The van der Waals surface area contributed by atoms with E-state index in [2.05, 4.69) is 5.32 Å². The molecule has 0 aromatic carbocycles. The first-order valence-electron chi connectivity index (χ1n) is 5.84. The van der Waals surface area contributed by atoms with Crippen molar-refractivity contribution in [3.05, 3.63) is 22.4 Å². The van der Waals surface area contributed by atoms with Gasteiger partial charge >= 0.3 is 0 Å². The molecule has 1 saturated carbocycles. The Morgan fingerprint density at radius 2 is 2.41 bits per heavy atom. The summed E-state index contributed by atoms with van der Waals surface area (Å²) < 4.78 is 0. The van der Waals surface area contributed by atoms with E-state index in [0.717, 1.165) is 24.1 Å². The van der Waals surface area contributed by atoms with Gasteiger partial charge in [0.15, 0.2) is 0 Å². The van der Waals surface area contributed by atoms with Gasteiger partial charge in [-0.15, -0.1) is 11.3 Å². The van der Waals surface area contributed by atoms with E-state index in [4.69, 9.17) is 10.8 Å². The van der Waals surface area contributed by atoms with Crippen molar-refractivity contribution in [1.29, 1.82) is 0 Å². The topological polar surface area (TPSA) is 75.4 Å². The molecular formula is C12H18N2O2S. The first kappa shape index (κ1) is 12.5. The fourth-order valence-electron chi connectivity index (χ4n) is 1.91. The Hall–Kier alpha value is -0.910. The maximum Gasteiger partial charge on any atom is 0.242 e. The van der Waals surface area contributed by atoms with Gasteiger partial charge < -0.3 is 16.2 Å². The van der Waals surface area contributed by atoms with Crippen LogP contribution >= 0.6 is 11.3 Å². The van der Waals surface area contributed by atoms with Crippen LogP contribution in [0, 0.1) is 5.41 Å². The van der Waals surface area contributed by atoms with Crippen molar-refractivity contribution in [3.63, 3.8) is 0 Å². The Kier molecular flexibility index (Phi) is 3.81. The zero-order valence-corrected chi connectivity index (χ0v) is 10.5. The zero-order valence-electron chi connectivity index (χ0n) is 9.69. The van der Waals surface area contributed by atoms with E-state index >= 15 is 0 Å². The second-order valence-electron chi connectivity index (χ2n) is 4.68. The molecule has 1 heterocycles. The van der Waals surface area contributed by atoms with Gasteiger partial charge in [0.05, 0.1) is 0 Å². The average molecular weight is 254 g/mol. The van der Waals surface area contributed by atoms with Crippen molar-refractivity contribution in [2.75, 3.05) is 13.2 Å². The van der Waals surface area contributed by atoms with Crippen LogP contribution in [-0.4, -0.2) is 24.2 Å². The normalized spacial score (nSPS) is 18.7. The third kappa shape index (κ3) is 3.06. The van der Waals surface area contributed by atoms with Crippen molar-refractivity contribution in [1.82, 2.24) is 5.32 Å². The third-order valence-electron chi connectivity index (χ3n) is 3.37. The monoisotopic (exact) mass is 254 g/mol. The molecule has 1 unspecified atom stereocenters. The van der Waals surface area contributed by atoms with E-state index in [0.29, 0.717) is 6.54 Å². The highest BCUT2D eigenvalue weighted by molar-refractivity contribution is 7.10. The number of aliphatic hydroxyl groups excluding tert-OH is 1. The first-order valence-corrected chi connectivity index (χ1v) is 6.72. The SMILES string of the molecule is NC(C(=O)NCC1(CCO)CC1)c1cccs1. The summed E-state index contributed by atoms with van der Waals surface area (Å²) in [6.07, 6.45) is 2.94. The maximum atomic E-state index is 11.8. The Bertz CT molecular complexity index is 374. The highest BCUT2D eigenvalue weighted by Crippen LogP contribution is 2.47. The maximum absolute atomic E-state index is 11.8. The lowest BCUT2D eigenvalue weighted by atomic mass is 10.0. The molecule has 1 atom stereocenters. The lowest BCUT2D eigenvalue weighted by molar-refractivity contribution is -0.122. The van der Waals surface area contributed by atoms with Crippen LogP contribution in [0.15, 0.2) is 17.5 Å². The molecule has 4 N–H and O–H groups in total. The third-order valence-corrected chi connectivity index (χ3v) is 4.32. The molecule has 1 amide bonds. The fraction of sp³-hybridized carbons (Fsp3) is 0.583. The molecule has 1 aliphatic rings. The summed E-state index contributed by atoms with van der Waals surface area (Å²) in [5.74, 6) is -0.128. The van der Waals surface area contributed by atoms with Gasteiger partial charge in [-0.05, 0) is 36.1 Å². The lowest BCUT2D eigenvalue weighted by Crippen LogP contribution is -2.37. The molecule has 5 heteroatoms. The largest absolute Gasteiger partial charge is 0.396 e. The molecular weight excluding hydrogens is 236 g/mol. The highest BCUT2D eigenvalue weighted by Gasteiger charge is 2.42. The summed E-state index contributed by atoms with van der Waals surface area (Å²) in [5, 5.41) is 13.7. The van der Waals surface area contributed by atoms with E-state index in [1.165, 1.54) is 11.3 Å². The highest BCUT2D eigenvalue weighted by atomic mass is 32.1. The number of hydrogen-bond acceptors (Lipinski definition) is 4. The standard InChI is InChI=1S/C12H18N2O2S/c13-10(9-2-1-7-17-9)11(16)14-8-12(3-4-12)5-6-15/h1-2,7,10,15H,3-6,8,13H2,(H,14,16). The Labute approximate surface area is 105 Å². The summed E-state index contributed by atoms with van der Waals surface area (Å²) in [6.45, 7) is 0.818. The second-order valence-corrected chi connectivity index (χ2v) is 5.66. The van der Waals surface area contributed by atoms with Gasteiger partial charge in [0.2, 0.25) is 5.91 Å². The minimum atomic E-state index is -0.570. The molecule has 1 aromatic heterocycles. The van der Waals surface area contributed by atoms with Crippen molar-refractivity contribution >= 4 is 17.2 Å². The van der Waals surface area contributed by atoms with E-state index < -0.39 is 6.04 Å². The quantitative estimate of drug-likeness (QED) is 0.709. The molecule has 2 rings (SSSR count). The predicted octanol–water partition coefficient (Wildman–Crippen LogP) is 1.03. The number of carbonyl (C=O) groups is 1. The average Bonchev–Trinajstić information content (AvgIpc) is 2.89. The molecule has 0 spiro atoms. The number of carbonyl (C=O) groups excluding carboxylic acids is 1. The van der Waals surface area contributed by atoms with Gasteiger partial charge in [0, 0.05) is 18.0 Å². The Morgan fingerprint density at radius 1 is 1.65 bits per heavy atom. The van der Waals surface area contributed by atoms with Crippen LogP contribution in [0.2, 0.25) is 0 Å². The number of nitrogens with two attached hydrogens (primary N) is 1. The molecule has 94 valence electrons. The summed E-state index contributed by atoms with van der Waals surface area (Å²) in [7, 11) is 0. The van der Waals surface area contributed by atoms with Crippen molar-refractivity contribution in [2.24, 2.45) is 11.1 Å². The van der Waals surface area contributed by atoms with E-state index in [-0.39, 0.29) is 17.9 Å². The minimum absolute atomic E-state index is 0.128. The number of thiophene rings is 1. The van der Waals surface area contributed by atoms with E-state index in [9.17, 15) is 4.79 Å². The summed E-state index contributed by atoms with van der Waals surface area (Å²) in [4.78, 5) is 12.7. The van der Waals surface area contributed by atoms with Gasteiger partial charge in [0.25, 0.3) is 0 Å². The number of aliphatic hydroxyl groups is 1. The minimum Gasteiger partial charge on any atom is -0.396 e. The van der Waals surface area contributed by atoms with Crippen LogP contribution in [0.4, 0.5) is 0 Å². The van der Waals surface area contributed by atoms with E-state index in [1.807, 2.05) is 17.5 Å². The molecule has 1 aliphatic carbocycles. The van der Waals surface area contributed by atoms with Crippen LogP contribution in [-0.2, 0) is 4.79 Å². The molecule has 17 heavy (non-hydrogen) atoms. The van der Waals surface area contributed by atoms with Crippen molar-refractivity contribution in [3.8, 4) is 0 Å². The lowest BCUT2D eigenvalue weighted by Gasteiger charge is -2.16. The summed E-state index contributed by atoms with van der Waals surface area (Å²) >= 11 is 1.49. The summed E-state index contributed by atoms with van der Waals surface area (Å²) in [5.41, 5.74) is 5.99. The molecule has 0 aliphatic heterocycles. The second kappa shape index (κ2) is 5.16. The van der Waals surface area contributed by atoms with Gasteiger partial charge in [-0.2, -0.15) is 0 Å². The van der Waals surface area contributed by atoms with Crippen LogP contribution in [0.1, 0.15) is 30.2 Å². The van der Waals surface area contributed by atoms with Gasteiger partial charge in [0.1, 0.15) is 6.04 Å².